The van der Waals surface area contributed by atoms with Crippen molar-refractivity contribution in [3.05, 3.63) is 39.5 Å². The van der Waals surface area contributed by atoms with Gasteiger partial charge in [0.05, 0.1) is 0 Å². The molecule has 0 fully saturated rings. The molecule has 11 nitrogen and oxygen atoms in total. The first-order valence-corrected chi connectivity index (χ1v) is 9.30. The average molecular weight is 463 g/mol. The fraction of sp³-hybridized carbons (Fsp3) is 0.235. The van der Waals surface area contributed by atoms with E-state index in [1.807, 2.05) is 0 Å². The third-order valence-corrected chi connectivity index (χ3v) is 4.69. The van der Waals surface area contributed by atoms with Gasteiger partial charge in [-0.25, -0.2) is 14.5 Å². The summed E-state index contributed by atoms with van der Waals surface area (Å²) in [5, 5.41) is 9.03. The molecular weight excluding hydrogens is 448 g/mol. The van der Waals surface area contributed by atoms with E-state index in [2.05, 4.69) is 36.6 Å². The van der Waals surface area contributed by atoms with Crippen molar-refractivity contribution in [2.45, 2.75) is 6.54 Å². The Morgan fingerprint density at radius 1 is 1.24 bits per heavy atom. The van der Waals surface area contributed by atoms with Gasteiger partial charge in [0.15, 0.2) is 17.1 Å². The first-order chi connectivity index (χ1) is 13.9. The maximum Gasteiger partial charge on any atom is 0.325 e. The summed E-state index contributed by atoms with van der Waals surface area (Å²) in [6.45, 7) is 0.503. The molecule has 0 spiro atoms. The number of hydrogen-bond donors (Lipinski definition) is 2. The lowest BCUT2D eigenvalue weighted by atomic mass is 10.2. The number of ether oxygens (including phenoxy) is 2. The lowest BCUT2D eigenvalue weighted by Crippen LogP contribution is -2.38. The summed E-state index contributed by atoms with van der Waals surface area (Å²) < 4.78 is 13.7. The monoisotopic (exact) mass is 462 g/mol. The molecule has 0 saturated carbocycles. The van der Waals surface area contributed by atoms with Crippen molar-refractivity contribution in [3.63, 3.8) is 0 Å². The van der Waals surface area contributed by atoms with Gasteiger partial charge in [-0.15, -0.1) is 0 Å². The molecule has 0 saturated heterocycles. The second kappa shape index (κ2) is 7.54. The van der Waals surface area contributed by atoms with Crippen LogP contribution in [-0.4, -0.2) is 44.5 Å². The molecule has 3 amide bonds. The summed E-state index contributed by atoms with van der Waals surface area (Å²) in [5.74, 6) is 0.416. The van der Waals surface area contributed by atoms with Gasteiger partial charge in [-0.1, -0.05) is 0 Å². The van der Waals surface area contributed by atoms with Gasteiger partial charge in [0.1, 0.15) is 36.1 Å². The van der Waals surface area contributed by atoms with E-state index >= 15 is 0 Å². The summed E-state index contributed by atoms with van der Waals surface area (Å²) >= 11 is 3.20. The molecule has 0 atom stereocenters. The number of aromatic nitrogens is 4. The lowest BCUT2D eigenvalue weighted by molar-refractivity contribution is -0.120. The zero-order valence-electron chi connectivity index (χ0n) is 15.1. The first-order valence-electron chi connectivity index (χ1n) is 8.50. The Kier molecular flexibility index (Phi) is 4.92. The summed E-state index contributed by atoms with van der Waals surface area (Å²) in [4.78, 5) is 41.0. The summed E-state index contributed by atoms with van der Waals surface area (Å²) in [7, 11) is 1.65. The molecular formula is C17H15BrN6O5. The zero-order chi connectivity index (χ0) is 20.5. The van der Waals surface area contributed by atoms with Crippen LogP contribution in [0.4, 0.5) is 10.5 Å². The van der Waals surface area contributed by atoms with Crippen molar-refractivity contribution in [2.24, 2.45) is 7.05 Å². The van der Waals surface area contributed by atoms with E-state index in [-0.39, 0.29) is 11.9 Å². The van der Waals surface area contributed by atoms with Crippen LogP contribution in [-0.2, 0) is 18.4 Å². The third kappa shape index (κ3) is 3.78. The van der Waals surface area contributed by atoms with E-state index in [4.69, 9.17) is 9.47 Å². The maximum atomic E-state index is 12.5. The van der Waals surface area contributed by atoms with Crippen LogP contribution in [0.1, 0.15) is 0 Å². The van der Waals surface area contributed by atoms with E-state index in [1.54, 1.807) is 25.2 Å². The molecule has 29 heavy (non-hydrogen) atoms. The van der Waals surface area contributed by atoms with Gasteiger partial charge in [0, 0.05) is 18.8 Å². The van der Waals surface area contributed by atoms with Crippen LogP contribution in [0, 0.1) is 0 Å². The number of fused-ring (bicyclic) bond motifs is 2. The van der Waals surface area contributed by atoms with Crippen LogP contribution in [0.5, 0.6) is 11.5 Å². The number of aryl methyl sites for hydroxylation is 1. The zero-order valence-corrected chi connectivity index (χ0v) is 16.7. The average Bonchev–Trinajstić information content (AvgIpc) is 2.98. The summed E-state index contributed by atoms with van der Waals surface area (Å²) in [6.07, 6.45) is 1.23. The number of hydrogen-bond acceptors (Lipinski definition) is 7. The Balaban J connectivity index is 1.43. The van der Waals surface area contributed by atoms with E-state index in [0.29, 0.717) is 40.7 Å². The molecule has 1 aromatic carbocycles. The van der Waals surface area contributed by atoms with Crippen molar-refractivity contribution < 1.29 is 19.1 Å². The van der Waals surface area contributed by atoms with E-state index in [0.717, 1.165) is 4.57 Å². The highest BCUT2D eigenvalue weighted by Crippen LogP contribution is 2.32. The van der Waals surface area contributed by atoms with Gasteiger partial charge in [-0.3, -0.25) is 19.5 Å². The van der Waals surface area contributed by atoms with Gasteiger partial charge in [-0.2, -0.15) is 5.10 Å². The van der Waals surface area contributed by atoms with Crippen LogP contribution >= 0.6 is 15.9 Å². The summed E-state index contributed by atoms with van der Waals surface area (Å²) in [6, 6.07) is 4.15. The van der Waals surface area contributed by atoms with Crippen molar-refractivity contribution in [2.75, 3.05) is 18.5 Å². The number of amides is 3. The Hall–Kier alpha value is -3.41. The van der Waals surface area contributed by atoms with Crippen LogP contribution < -0.4 is 25.7 Å². The topological polar surface area (TPSA) is 129 Å². The molecule has 3 heterocycles. The largest absolute Gasteiger partial charge is 0.486 e. The molecule has 1 aliphatic heterocycles. The number of benzene rings is 1. The van der Waals surface area contributed by atoms with E-state index < -0.39 is 17.5 Å². The van der Waals surface area contributed by atoms with Crippen LogP contribution in [0.15, 0.2) is 33.9 Å². The number of carbonyl (C=O) groups excluding carboxylic acids is 2. The highest BCUT2D eigenvalue weighted by molar-refractivity contribution is 9.10. The summed E-state index contributed by atoms with van der Waals surface area (Å²) in [5.41, 5.74) is 0.367. The SMILES string of the molecule is Cn1nc(Br)c2c(=O)n(CC(=O)NC(=O)Nc3ccc4c(c3)OCCO4)cnc21. The second-order valence-electron chi connectivity index (χ2n) is 6.15. The number of nitrogens with zero attached hydrogens (tertiary/aromatic N) is 4. The smallest absolute Gasteiger partial charge is 0.325 e. The molecule has 3 aromatic rings. The number of halogens is 1. The number of nitrogens with one attached hydrogen (secondary N) is 2. The number of rotatable bonds is 3. The van der Waals surface area contributed by atoms with E-state index in [9.17, 15) is 14.4 Å². The molecule has 150 valence electrons. The molecule has 1 aliphatic rings. The van der Waals surface area contributed by atoms with Crippen molar-refractivity contribution in [1.29, 1.82) is 0 Å². The van der Waals surface area contributed by atoms with Crippen molar-refractivity contribution in [3.8, 4) is 11.5 Å². The molecule has 0 bridgehead atoms. The predicted octanol–water partition coefficient (Wildman–Crippen LogP) is 1.01. The van der Waals surface area contributed by atoms with Crippen molar-refractivity contribution >= 4 is 44.6 Å². The normalized spacial score (nSPS) is 12.6. The molecule has 4 rings (SSSR count). The van der Waals surface area contributed by atoms with Crippen molar-refractivity contribution in [1.82, 2.24) is 24.6 Å². The minimum absolute atomic E-state index is 0.253. The molecule has 0 aliphatic carbocycles. The van der Waals surface area contributed by atoms with E-state index in [1.165, 1.54) is 11.0 Å². The van der Waals surface area contributed by atoms with Gasteiger partial charge in [-0.05, 0) is 28.1 Å². The number of urea groups is 1. The van der Waals surface area contributed by atoms with Crippen LogP contribution in [0.25, 0.3) is 11.0 Å². The fourth-order valence-electron chi connectivity index (χ4n) is 2.85. The minimum Gasteiger partial charge on any atom is -0.486 e. The Bertz CT molecular complexity index is 1190. The van der Waals surface area contributed by atoms with Crippen LogP contribution in [0.3, 0.4) is 0 Å². The molecule has 2 N–H and O–H groups in total. The Morgan fingerprint density at radius 2 is 2.00 bits per heavy atom. The first kappa shape index (κ1) is 18.9. The van der Waals surface area contributed by atoms with Gasteiger partial charge < -0.3 is 14.8 Å². The number of anilines is 1. The quantitative estimate of drug-likeness (QED) is 0.593. The standard InChI is InChI=1S/C17H15BrN6O5/c1-23-15-13(14(18)22-23)16(26)24(8-19-15)7-12(25)21-17(27)20-9-2-3-10-11(6-9)29-5-4-28-10/h2-3,6,8H,4-5,7H2,1H3,(H2,20,21,25,27). The Labute approximate surface area is 171 Å². The third-order valence-electron chi connectivity index (χ3n) is 4.14. The van der Waals surface area contributed by atoms with Crippen LogP contribution in [0.2, 0.25) is 0 Å². The molecule has 12 heteroatoms. The second-order valence-corrected chi connectivity index (χ2v) is 6.90. The number of imide groups is 1. The molecule has 0 radical (unpaired) electrons. The van der Waals surface area contributed by atoms with Gasteiger partial charge in [0.2, 0.25) is 5.91 Å². The number of carbonyl (C=O) groups is 2. The molecule has 0 unspecified atom stereocenters. The van der Waals surface area contributed by atoms with Gasteiger partial charge >= 0.3 is 6.03 Å². The fourth-order valence-corrected chi connectivity index (χ4v) is 3.44. The molecule has 2 aromatic heterocycles. The Morgan fingerprint density at radius 3 is 2.79 bits per heavy atom. The highest BCUT2D eigenvalue weighted by atomic mass is 79.9. The predicted molar refractivity (Wildman–Crippen MR) is 105 cm³/mol. The maximum absolute atomic E-state index is 12.5. The lowest BCUT2D eigenvalue weighted by Gasteiger charge is -2.19. The highest BCUT2D eigenvalue weighted by Gasteiger charge is 2.17. The van der Waals surface area contributed by atoms with Gasteiger partial charge in [0.25, 0.3) is 5.56 Å². The minimum atomic E-state index is -0.740.